The van der Waals surface area contributed by atoms with Crippen LogP contribution in [-0.4, -0.2) is 22.6 Å². The molecule has 3 nitrogen and oxygen atoms in total. The van der Waals surface area contributed by atoms with Crippen LogP contribution in [0, 0.1) is 5.92 Å². The Balaban J connectivity index is 1.67. The predicted molar refractivity (Wildman–Crippen MR) is 116 cm³/mol. The number of hydrogen-bond donors (Lipinski definition) is 1. The van der Waals surface area contributed by atoms with Crippen molar-refractivity contribution in [1.82, 2.24) is 9.88 Å². The van der Waals surface area contributed by atoms with Crippen molar-refractivity contribution in [3.63, 3.8) is 0 Å². The molecule has 4 rings (SSSR count). The van der Waals surface area contributed by atoms with Gasteiger partial charge in [0.05, 0.1) is 23.0 Å². The van der Waals surface area contributed by atoms with Gasteiger partial charge in [0.2, 0.25) is 0 Å². The first kappa shape index (κ1) is 24.3. The molecule has 1 aromatic heterocycles. The zero-order valence-electron chi connectivity index (χ0n) is 18.4. The molecule has 1 aliphatic heterocycles. The first-order chi connectivity index (χ1) is 15.9. The van der Waals surface area contributed by atoms with Crippen LogP contribution in [0.1, 0.15) is 35.6 Å². The molecule has 2 heterocycles. The number of aromatic nitrogens is 1. The van der Waals surface area contributed by atoms with Gasteiger partial charge >= 0.3 is 12.4 Å². The van der Waals surface area contributed by atoms with Crippen molar-refractivity contribution in [3.05, 3.63) is 70.9 Å². The Kier molecular flexibility index (Phi) is 6.50. The SMILES string of the molecule is CC(CC(=O)C1Cn2ccc3c(C(F)(F)F)c(CCc4ccccc4)cc(c32)CN1)C(F)(F)F. The fourth-order valence-corrected chi connectivity index (χ4v) is 4.57. The van der Waals surface area contributed by atoms with E-state index in [4.69, 9.17) is 0 Å². The van der Waals surface area contributed by atoms with Crippen molar-refractivity contribution in [2.75, 3.05) is 0 Å². The van der Waals surface area contributed by atoms with E-state index in [1.165, 1.54) is 18.3 Å². The number of carbonyl (C=O) groups excluding carboxylic acids is 1. The largest absolute Gasteiger partial charge is 0.417 e. The second-order valence-corrected chi connectivity index (χ2v) is 8.83. The van der Waals surface area contributed by atoms with E-state index in [0.29, 0.717) is 17.5 Å². The van der Waals surface area contributed by atoms with Crippen LogP contribution in [0.25, 0.3) is 10.9 Å². The molecule has 0 radical (unpaired) electrons. The Bertz CT molecular complexity index is 1180. The van der Waals surface area contributed by atoms with Crippen molar-refractivity contribution < 1.29 is 31.1 Å². The van der Waals surface area contributed by atoms with Crippen molar-refractivity contribution in [3.8, 4) is 0 Å². The zero-order chi connectivity index (χ0) is 24.7. The monoisotopic (exact) mass is 482 g/mol. The highest BCUT2D eigenvalue weighted by Gasteiger charge is 2.40. The number of hydrogen-bond acceptors (Lipinski definition) is 2. The van der Waals surface area contributed by atoms with Gasteiger partial charge < -0.3 is 9.88 Å². The van der Waals surface area contributed by atoms with Gasteiger partial charge in [-0.25, -0.2) is 0 Å². The molecule has 0 saturated heterocycles. The molecule has 1 aliphatic rings. The fourth-order valence-electron chi connectivity index (χ4n) is 4.57. The van der Waals surface area contributed by atoms with Gasteiger partial charge in [-0.1, -0.05) is 43.3 Å². The number of aryl methyl sites for hydroxylation is 2. The molecule has 2 unspecified atom stereocenters. The molecule has 0 fully saturated rings. The van der Waals surface area contributed by atoms with Crippen LogP contribution in [0.15, 0.2) is 48.7 Å². The summed E-state index contributed by atoms with van der Waals surface area (Å²) in [7, 11) is 0. The average molecular weight is 482 g/mol. The minimum Gasteiger partial charge on any atom is -0.345 e. The summed E-state index contributed by atoms with van der Waals surface area (Å²) in [4.78, 5) is 12.6. The summed E-state index contributed by atoms with van der Waals surface area (Å²) in [6, 6.07) is 11.2. The molecular formula is C25H24F6N2O. The predicted octanol–water partition coefficient (Wildman–Crippen LogP) is 6.07. The number of alkyl halides is 6. The van der Waals surface area contributed by atoms with Gasteiger partial charge in [-0.05, 0) is 35.6 Å². The number of nitrogens with zero attached hydrogens (tertiary/aromatic N) is 1. The number of rotatable bonds is 6. The summed E-state index contributed by atoms with van der Waals surface area (Å²) in [5.41, 5.74) is 1.34. The van der Waals surface area contributed by atoms with Gasteiger partial charge in [0, 0.05) is 31.1 Å². The minimum absolute atomic E-state index is 0.0272. The van der Waals surface area contributed by atoms with Crippen molar-refractivity contribution in [2.45, 2.75) is 57.7 Å². The van der Waals surface area contributed by atoms with E-state index in [-0.39, 0.29) is 30.5 Å². The maximum absolute atomic E-state index is 14.1. The lowest BCUT2D eigenvalue weighted by molar-refractivity contribution is -0.174. The Labute approximate surface area is 192 Å². The van der Waals surface area contributed by atoms with Gasteiger partial charge in [0.1, 0.15) is 0 Å². The zero-order valence-corrected chi connectivity index (χ0v) is 18.4. The fraction of sp³-hybridized carbons (Fsp3) is 0.400. The molecule has 1 N–H and O–H groups in total. The molecule has 0 amide bonds. The molecule has 9 heteroatoms. The molecule has 182 valence electrons. The third-order valence-corrected chi connectivity index (χ3v) is 6.39. The smallest absolute Gasteiger partial charge is 0.345 e. The van der Waals surface area contributed by atoms with Crippen LogP contribution in [0.5, 0.6) is 0 Å². The van der Waals surface area contributed by atoms with E-state index in [1.807, 2.05) is 30.3 Å². The highest BCUT2D eigenvalue weighted by Crippen LogP contribution is 2.40. The average Bonchev–Trinajstić information content (AvgIpc) is 3.07. The summed E-state index contributed by atoms with van der Waals surface area (Å²) in [5.74, 6) is -2.40. The van der Waals surface area contributed by atoms with Gasteiger partial charge in [-0.15, -0.1) is 0 Å². The Morgan fingerprint density at radius 3 is 2.44 bits per heavy atom. The van der Waals surface area contributed by atoms with E-state index >= 15 is 0 Å². The molecule has 34 heavy (non-hydrogen) atoms. The summed E-state index contributed by atoms with van der Waals surface area (Å²) >= 11 is 0. The van der Waals surface area contributed by atoms with E-state index in [0.717, 1.165) is 12.5 Å². The quantitative estimate of drug-likeness (QED) is 0.433. The van der Waals surface area contributed by atoms with Crippen LogP contribution >= 0.6 is 0 Å². The molecular weight excluding hydrogens is 458 g/mol. The minimum atomic E-state index is -4.58. The van der Waals surface area contributed by atoms with Crippen molar-refractivity contribution >= 4 is 16.7 Å². The molecule has 2 aromatic carbocycles. The van der Waals surface area contributed by atoms with Gasteiger partial charge in [-0.2, -0.15) is 26.3 Å². The summed E-state index contributed by atoms with van der Waals surface area (Å²) in [6.07, 6.45) is -7.66. The number of carbonyl (C=O) groups is 1. The first-order valence-electron chi connectivity index (χ1n) is 11.0. The Hall–Kier alpha value is -2.81. The summed E-state index contributed by atoms with van der Waals surface area (Å²) in [5, 5.41) is 3.02. The van der Waals surface area contributed by atoms with Crippen LogP contribution in [0.4, 0.5) is 26.3 Å². The topological polar surface area (TPSA) is 34.0 Å². The molecule has 0 saturated carbocycles. The van der Waals surface area contributed by atoms with Gasteiger partial charge in [0.25, 0.3) is 0 Å². The second kappa shape index (κ2) is 9.09. The number of ketones is 1. The number of nitrogens with one attached hydrogen (secondary N) is 1. The normalized spacial score (nSPS) is 17.6. The molecule has 2 atom stereocenters. The third-order valence-electron chi connectivity index (χ3n) is 6.39. The van der Waals surface area contributed by atoms with E-state index < -0.39 is 42.1 Å². The van der Waals surface area contributed by atoms with Crippen molar-refractivity contribution in [1.29, 1.82) is 0 Å². The third kappa shape index (κ3) is 4.99. The lowest BCUT2D eigenvalue weighted by Crippen LogP contribution is -2.40. The van der Waals surface area contributed by atoms with Crippen LogP contribution in [-0.2, 0) is 36.9 Å². The highest BCUT2D eigenvalue weighted by molar-refractivity contribution is 5.90. The summed E-state index contributed by atoms with van der Waals surface area (Å²) < 4.78 is 82.7. The highest BCUT2D eigenvalue weighted by atomic mass is 19.4. The standard InChI is InChI=1S/C25H24F6N2O/c1-15(24(26,27)28)11-21(34)20-14-33-10-9-19-22(25(29,30)31)17(12-18(13-32-20)23(19)33)8-7-16-5-3-2-4-6-16/h2-6,9-10,12,15,20,32H,7-8,11,13-14H2,1H3. The first-order valence-corrected chi connectivity index (χ1v) is 11.0. The van der Waals surface area contributed by atoms with Crippen LogP contribution < -0.4 is 5.32 Å². The Morgan fingerprint density at radius 1 is 1.09 bits per heavy atom. The number of halogens is 6. The van der Waals surface area contributed by atoms with Gasteiger partial charge in [0.15, 0.2) is 5.78 Å². The van der Waals surface area contributed by atoms with E-state index in [9.17, 15) is 31.1 Å². The van der Waals surface area contributed by atoms with Crippen LogP contribution in [0.2, 0.25) is 0 Å². The van der Waals surface area contributed by atoms with Crippen LogP contribution in [0.3, 0.4) is 0 Å². The second-order valence-electron chi connectivity index (χ2n) is 8.83. The van der Waals surface area contributed by atoms with E-state index in [1.54, 1.807) is 4.57 Å². The summed E-state index contributed by atoms with van der Waals surface area (Å²) in [6.45, 7) is 1.01. The lowest BCUT2D eigenvalue weighted by Gasteiger charge is -2.20. The number of benzene rings is 2. The number of Topliss-reactive ketones (excluding diaryl/α,β-unsaturated/α-hetero) is 1. The molecule has 0 aliphatic carbocycles. The van der Waals surface area contributed by atoms with Gasteiger partial charge in [-0.3, -0.25) is 4.79 Å². The molecule has 3 aromatic rings. The molecule has 0 spiro atoms. The van der Waals surface area contributed by atoms with Crippen molar-refractivity contribution in [2.24, 2.45) is 5.92 Å². The maximum atomic E-state index is 14.1. The van der Waals surface area contributed by atoms with E-state index in [2.05, 4.69) is 5.32 Å². The Morgan fingerprint density at radius 2 is 1.79 bits per heavy atom. The molecule has 0 bridgehead atoms. The maximum Gasteiger partial charge on any atom is 0.417 e. The lowest BCUT2D eigenvalue weighted by atomic mass is 9.94.